The highest BCUT2D eigenvalue weighted by atomic mass is 16.5. The molecule has 3 nitrogen and oxygen atoms in total. The van der Waals surface area contributed by atoms with E-state index in [1.165, 1.54) is 64.0 Å². The Morgan fingerprint density at radius 2 is 1.73 bits per heavy atom. The van der Waals surface area contributed by atoms with Crippen LogP contribution in [0.25, 0.3) is 0 Å². The van der Waals surface area contributed by atoms with Crippen LogP contribution in [0.5, 0.6) is 0 Å². The number of nitrogens with zero attached hydrogens (tertiary/aromatic N) is 1. The average molecular weight is 302 g/mol. The summed E-state index contributed by atoms with van der Waals surface area (Å²) in [5.74, 6) is 0.914. The molecule has 0 saturated carbocycles. The molecule has 2 heterocycles. The fourth-order valence-electron chi connectivity index (χ4n) is 3.68. The Bertz CT molecular complexity index is 409. The lowest BCUT2D eigenvalue weighted by molar-refractivity contribution is 0.00516. The molecule has 2 saturated heterocycles. The van der Waals surface area contributed by atoms with Crippen molar-refractivity contribution >= 4 is 0 Å². The molecule has 1 N–H and O–H groups in total. The van der Waals surface area contributed by atoms with Crippen LogP contribution in [-0.4, -0.2) is 50.3 Å². The lowest BCUT2D eigenvalue weighted by Gasteiger charge is -2.35. The highest BCUT2D eigenvalue weighted by molar-refractivity contribution is 5.14. The van der Waals surface area contributed by atoms with Gasteiger partial charge in [-0.15, -0.1) is 0 Å². The van der Waals surface area contributed by atoms with Crippen LogP contribution in [0.3, 0.4) is 0 Å². The molecule has 2 fully saturated rings. The maximum Gasteiger partial charge on any atom is 0.0599 e. The van der Waals surface area contributed by atoms with Gasteiger partial charge in [0.1, 0.15) is 0 Å². The zero-order valence-electron chi connectivity index (χ0n) is 13.7. The zero-order chi connectivity index (χ0) is 15.0. The van der Waals surface area contributed by atoms with Gasteiger partial charge >= 0.3 is 0 Å². The number of benzene rings is 1. The summed E-state index contributed by atoms with van der Waals surface area (Å²) in [5.41, 5.74) is 1.38. The predicted molar refractivity (Wildman–Crippen MR) is 91.2 cm³/mol. The molecule has 0 aliphatic carbocycles. The van der Waals surface area contributed by atoms with Crippen LogP contribution < -0.4 is 5.32 Å². The highest BCUT2D eigenvalue weighted by Gasteiger charge is 2.22. The van der Waals surface area contributed by atoms with E-state index < -0.39 is 0 Å². The average Bonchev–Trinajstić information content (AvgIpc) is 2.58. The maximum atomic E-state index is 6.09. The van der Waals surface area contributed by atoms with Crippen LogP contribution in [0, 0.1) is 5.92 Å². The van der Waals surface area contributed by atoms with Crippen molar-refractivity contribution in [3.63, 3.8) is 0 Å². The molecular formula is C19H30N2O. The van der Waals surface area contributed by atoms with Crippen LogP contribution in [-0.2, 0) is 11.2 Å². The molecule has 0 radical (unpaired) electrons. The van der Waals surface area contributed by atoms with Crippen LogP contribution in [0.4, 0.5) is 0 Å². The first-order chi connectivity index (χ1) is 10.9. The van der Waals surface area contributed by atoms with Gasteiger partial charge in [0.05, 0.1) is 12.7 Å². The molecule has 0 unspecified atom stereocenters. The molecule has 22 heavy (non-hydrogen) atoms. The minimum Gasteiger partial charge on any atom is -0.378 e. The molecule has 1 aromatic carbocycles. The van der Waals surface area contributed by atoms with Crippen molar-refractivity contribution in [1.29, 1.82) is 0 Å². The van der Waals surface area contributed by atoms with Crippen molar-refractivity contribution in [3.05, 3.63) is 35.9 Å². The number of piperidine rings is 2. The summed E-state index contributed by atoms with van der Waals surface area (Å²) in [5, 5.41) is 3.46. The summed E-state index contributed by atoms with van der Waals surface area (Å²) in [7, 11) is 0. The van der Waals surface area contributed by atoms with E-state index in [0.29, 0.717) is 6.10 Å². The van der Waals surface area contributed by atoms with E-state index in [2.05, 4.69) is 40.5 Å². The highest BCUT2D eigenvalue weighted by Crippen LogP contribution is 2.19. The molecule has 3 rings (SSSR count). The van der Waals surface area contributed by atoms with Gasteiger partial charge in [-0.2, -0.15) is 0 Å². The van der Waals surface area contributed by atoms with Crippen molar-refractivity contribution in [2.75, 3.05) is 39.3 Å². The lowest BCUT2D eigenvalue weighted by atomic mass is 9.96. The van der Waals surface area contributed by atoms with Gasteiger partial charge in [0.2, 0.25) is 0 Å². The Hall–Kier alpha value is -0.900. The third-order valence-corrected chi connectivity index (χ3v) is 5.10. The van der Waals surface area contributed by atoms with Gasteiger partial charge in [0.15, 0.2) is 0 Å². The van der Waals surface area contributed by atoms with Gasteiger partial charge in [0.25, 0.3) is 0 Å². The van der Waals surface area contributed by atoms with Gasteiger partial charge in [-0.25, -0.2) is 0 Å². The van der Waals surface area contributed by atoms with E-state index in [0.717, 1.165) is 18.9 Å². The quantitative estimate of drug-likeness (QED) is 0.874. The number of rotatable bonds is 6. The molecule has 0 bridgehead atoms. The molecule has 3 heteroatoms. The summed E-state index contributed by atoms with van der Waals surface area (Å²) < 4.78 is 6.09. The first-order valence-corrected chi connectivity index (χ1v) is 8.99. The number of nitrogens with one attached hydrogen (secondary N) is 1. The first kappa shape index (κ1) is 16.0. The Morgan fingerprint density at radius 1 is 1.00 bits per heavy atom. The van der Waals surface area contributed by atoms with Crippen LogP contribution >= 0.6 is 0 Å². The largest absolute Gasteiger partial charge is 0.378 e. The van der Waals surface area contributed by atoms with Gasteiger partial charge in [-0.1, -0.05) is 30.3 Å². The monoisotopic (exact) mass is 302 g/mol. The van der Waals surface area contributed by atoms with Gasteiger partial charge in [0, 0.05) is 19.6 Å². The Balaban J connectivity index is 1.30. The standard InChI is InChI=1S/C19H30N2O/c1-2-4-17(5-3-1)10-15-22-19-8-13-21(14-9-19)16-18-6-11-20-12-7-18/h1-5,18-20H,6-16H2. The number of hydrogen-bond donors (Lipinski definition) is 1. The zero-order valence-corrected chi connectivity index (χ0v) is 13.7. The smallest absolute Gasteiger partial charge is 0.0599 e. The normalized spacial score (nSPS) is 22.0. The lowest BCUT2D eigenvalue weighted by Crippen LogP contribution is -2.42. The third-order valence-electron chi connectivity index (χ3n) is 5.10. The molecule has 0 atom stereocenters. The van der Waals surface area contributed by atoms with Crippen molar-refractivity contribution in [2.45, 2.75) is 38.2 Å². The fraction of sp³-hybridized carbons (Fsp3) is 0.684. The van der Waals surface area contributed by atoms with E-state index in [4.69, 9.17) is 4.74 Å². The van der Waals surface area contributed by atoms with Gasteiger partial charge in [-0.05, 0) is 56.7 Å². The van der Waals surface area contributed by atoms with Gasteiger partial charge < -0.3 is 15.0 Å². The molecule has 2 aliphatic heterocycles. The Kier molecular flexibility index (Phi) is 6.29. The van der Waals surface area contributed by atoms with Crippen LogP contribution in [0.2, 0.25) is 0 Å². The molecule has 2 aliphatic rings. The van der Waals surface area contributed by atoms with E-state index >= 15 is 0 Å². The topological polar surface area (TPSA) is 24.5 Å². The summed E-state index contributed by atoms with van der Waals surface area (Å²) >= 11 is 0. The summed E-state index contributed by atoms with van der Waals surface area (Å²) in [6, 6.07) is 10.7. The van der Waals surface area contributed by atoms with E-state index in [9.17, 15) is 0 Å². The minimum absolute atomic E-state index is 0.480. The van der Waals surface area contributed by atoms with Crippen molar-refractivity contribution < 1.29 is 4.74 Å². The summed E-state index contributed by atoms with van der Waals surface area (Å²) in [6.07, 6.45) is 6.64. The van der Waals surface area contributed by atoms with Crippen molar-refractivity contribution in [2.24, 2.45) is 5.92 Å². The molecular weight excluding hydrogens is 272 g/mol. The number of ether oxygens (including phenoxy) is 1. The van der Waals surface area contributed by atoms with E-state index in [1.54, 1.807) is 0 Å². The maximum absolute atomic E-state index is 6.09. The Morgan fingerprint density at radius 3 is 2.45 bits per heavy atom. The summed E-state index contributed by atoms with van der Waals surface area (Å²) in [4.78, 5) is 2.66. The molecule has 0 aromatic heterocycles. The SMILES string of the molecule is c1ccc(CCOC2CCN(CC3CCNCC3)CC2)cc1. The number of likely N-dealkylation sites (tertiary alicyclic amines) is 1. The predicted octanol–water partition coefficient (Wildman–Crippen LogP) is 2.71. The van der Waals surface area contributed by atoms with Crippen LogP contribution in [0.15, 0.2) is 30.3 Å². The second-order valence-corrected chi connectivity index (χ2v) is 6.80. The fourth-order valence-corrected chi connectivity index (χ4v) is 3.68. The van der Waals surface area contributed by atoms with Crippen LogP contribution in [0.1, 0.15) is 31.2 Å². The Labute approximate surface area is 135 Å². The van der Waals surface area contributed by atoms with Crippen molar-refractivity contribution in [3.8, 4) is 0 Å². The summed E-state index contributed by atoms with van der Waals surface area (Å²) in [6.45, 7) is 7.04. The second kappa shape index (κ2) is 8.66. The van der Waals surface area contributed by atoms with E-state index in [-0.39, 0.29) is 0 Å². The van der Waals surface area contributed by atoms with E-state index in [1.807, 2.05) is 0 Å². The minimum atomic E-state index is 0.480. The molecule has 0 spiro atoms. The first-order valence-electron chi connectivity index (χ1n) is 8.99. The van der Waals surface area contributed by atoms with Gasteiger partial charge in [-0.3, -0.25) is 0 Å². The second-order valence-electron chi connectivity index (χ2n) is 6.80. The molecule has 1 aromatic rings. The third kappa shape index (κ3) is 5.08. The molecule has 0 amide bonds. The number of hydrogen-bond acceptors (Lipinski definition) is 3. The van der Waals surface area contributed by atoms with Crippen molar-refractivity contribution in [1.82, 2.24) is 10.2 Å². The molecule has 122 valence electrons.